The molecule has 2 amide bonds. The molecule has 0 unspecified atom stereocenters. The fourth-order valence-electron chi connectivity index (χ4n) is 3.15. The Labute approximate surface area is 140 Å². The molecule has 1 N–H and O–H groups in total. The first-order valence-corrected chi connectivity index (χ1v) is 8.38. The lowest BCUT2D eigenvalue weighted by molar-refractivity contribution is -0.130. The van der Waals surface area contributed by atoms with Crippen molar-refractivity contribution in [2.75, 3.05) is 13.1 Å². The Morgan fingerprint density at radius 1 is 1.35 bits per heavy atom. The molecule has 0 spiro atoms. The molecule has 23 heavy (non-hydrogen) atoms. The van der Waals surface area contributed by atoms with Crippen molar-refractivity contribution in [3.63, 3.8) is 0 Å². The van der Waals surface area contributed by atoms with Gasteiger partial charge in [-0.25, -0.2) is 5.43 Å². The Morgan fingerprint density at radius 2 is 2.17 bits per heavy atom. The van der Waals surface area contributed by atoms with Crippen LogP contribution >= 0.6 is 11.6 Å². The number of halogens is 1. The van der Waals surface area contributed by atoms with E-state index in [2.05, 4.69) is 10.5 Å². The molecule has 5 nitrogen and oxygen atoms in total. The minimum Gasteiger partial charge on any atom is -0.342 e. The number of hydrogen-bond donors (Lipinski definition) is 1. The van der Waals surface area contributed by atoms with Crippen molar-refractivity contribution in [2.24, 2.45) is 5.10 Å². The molecule has 1 aromatic rings. The molecule has 0 bridgehead atoms. The van der Waals surface area contributed by atoms with Crippen molar-refractivity contribution in [1.82, 2.24) is 10.3 Å². The van der Waals surface area contributed by atoms with Gasteiger partial charge in [0.1, 0.15) is 0 Å². The Kier molecular flexibility index (Phi) is 4.96. The van der Waals surface area contributed by atoms with E-state index in [9.17, 15) is 9.59 Å². The fraction of sp³-hybridized carbons (Fsp3) is 0.471. The third-order valence-corrected chi connectivity index (χ3v) is 4.84. The highest BCUT2D eigenvalue weighted by Gasteiger charge is 2.28. The number of carbonyl (C=O) groups excluding carboxylic acids is 2. The lowest BCUT2D eigenvalue weighted by Crippen LogP contribution is -2.30. The molecule has 0 radical (unpaired) electrons. The van der Waals surface area contributed by atoms with Crippen LogP contribution in [0.2, 0.25) is 5.02 Å². The third-order valence-electron chi connectivity index (χ3n) is 4.49. The van der Waals surface area contributed by atoms with Crippen molar-refractivity contribution in [2.45, 2.75) is 38.0 Å². The zero-order valence-electron chi connectivity index (χ0n) is 12.9. The first kappa shape index (κ1) is 16.0. The molecule has 122 valence electrons. The number of benzene rings is 1. The van der Waals surface area contributed by atoms with Crippen LogP contribution in [0.25, 0.3) is 0 Å². The van der Waals surface area contributed by atoms with Crippen LogP contribution in [0.15, 0.2) is 29.4 Å². The first-order valence-electron chi connectivity index (χ1n) is 8.00. The normalized spacial score (nSPS) is 21.1. The van der Waals surface area contributed by atoms with Gasteiger partial charge in [-0.3, -0.25) is 9.59 Å². The molecular weight excluding hydrogens is 314 g/mol. The molecule has 1 fully saturated rings. The van der Waals surface area contributed by atoms with E-state index in [4.69, 9.17) is 11.6 Å². The summed E-state index contributed by atoms with van der Waals surface area (Å²) in [6.45, 7) is 1.50. The van der Waals surface area contributed by atoms with Gasteiger partial charge in [0, 0.05) is 42.6 Å². The number of nitrogens with zero attached hydrogens (tertiary/aromatic N) is 2. The van der Waals surface area contributed by atoms with E-state index in [-0.39, 0.29) is 11.8 Å². The van der Waals surface area contributed by atoms with Crippen LogP contribution in [0.3, 0.4) is 0 Å². The van der Waals surface area contributed by atoms with Crippen LogP contribution in [0, 0.1) is 0 Å². The molecule has 2 aliphatic rings. The van der Waals surface area contributed by atoms with Crippen LogP contribution < -0.4 is 5.43 Å². The van der Waals surface area contributed by atoms with Crippen LogP contribution in [0.5, 0.6) is 0 Å². The van der Waals surface area contributed by atoms with Crippen molar-refractivity contribution in [3.05, 3.63) is 34.9 Å². The summed E-state index contributed by atoms with van der Waals surface area (Å²) in [5.74, 6) is 0.417. The minimum atomic E-state index is -0.0535. The van der Waals surface area contributed by atoms with E-state index in [1.165, 1.54) is 0 Å². The van der Waals surface area contributed by atoms with Gasteiger partial charge in [0.25, 0.3) is 0 Å². The van der Waals surface area contributed by atoms with Crippen LogP contribution in [-0.2, 0) is 9.59 Å². The van der Waals surface area contributed by atoms with E-state index in [0.717, 1.165) is 35.8 Å². The first-order chi connectivity index (χ1) is 11.1. The SMILES string of the molecule is O=C1CCC(CCC(=O)N2CC[C@H](c3ccccc3Cl)C2)=NN1. The summed E-state index contributed by atoms with van der Waals surface area (Å²) >= 11 is 6.25. The molecule has 0 aliphatic carbocycles. The Morgan fingerprint density at radius 3 is 2.91 bits per heavy atom. The van der Waals surface area contributed by atoms with Crippen molar-refractivity contribution >= 4 is 29.1 Å². The molecule has 1 aromatic carbocycles. The van der Waals surface area contributed by atoms with E-state index < -0.39 is 0 Å². The maximum absolute atomic E-state index is 12.4. The van der Waals surface area contributed by atoms with Crippen molar-refractivity contribution in [1.29, 1.82) is 0 Å². The van der Waals surface area contributed by atoms with Gasteiger partial charge in [0.05, 0.1) is 0 Å². The lowest BCUT2D eigenvalue weighted by Gasteiger charge is -2.18. The van der Waals surface area contributed by atoms with Crippen molar-refractivity contribution in [3.8, 4) is 0 Å². The highest BCUT2D eigenvalue weighted by Crippen LogP contribution is 2.32. The molecular formula is C17H20ClN3O2. The summed E-state index contributed by atoms with van der Waals surface area (Å²) < 4.78 is 0. The van der Waals surface area contributed by atoms with Gasteiger partial charge in [0.15, 0.2) is 0 Å². The van der Waals surface area contributed by atoms with E-state index >= 15 is 0 Å². The van der Waals surface area contributed by atoms with E-state index in [1.54, 1.807) is 0 Å². The van der Waals surface area contributed by atoms with Gasteiger partial charge >= 0.3 is 0 Å². The summed E-state index contributed by atoms with van der Waals surface area (Å²) in [7, 11) is 0. The summed E-state index contributed by atoms with van der Waals surface area (Å²) in [6.07, 6.45) is 3.13. The summed E-state index contributed by atoms with van der Waals surface area (Å²) in [4.78, 5) is 25.3. The van der Waals surface area contributed by atoms with Gasteiger partial charge in [-0.15, -0.1) is 0 Å². The second kappa shape index (κ2) is 7.13. The molecule has 6 heteroatoms. The van der Waals surface area contributed by atoms with E-state index in [0.29, 0.717) is 31.6 Å². The Balaban J connectivity index is 1.52. The standard InChI is InChI=1S/C17H20ClN3O2/c18-15-4-2-1-3-14(15)12-9-10-21(11-12)17(23)8-6-13-5-7-16(22)20-19-13/h1-4,12H,5-11H2,(H,20,22)/t12-/m0/s1. The fourth-order valence-corrected chi connectivity index (χ4v) is 3.44. The van der Waals surface area contributed by atoms with Gasteiger partial charge in [-0.05, 0) is 30.9 Å². The lowest BCUT2D eigenvalue weighted by atomic mass is 9.98. The predicted molar refractivity (Wildman–Crippen MR) is 89.4 cm³/mol. The number of amides is 2. The highest BCUT2D eigenvalue weighted by molar-refractivity contribution is 6.31. The number of hydrazone groups is 1. The number of carbonyl (C=O) groups is 2. The summed E-state index contributed by atoms with van der Waals surface area (Å²) in [5.41, 5.74) is 4.50. The Bertz CT molecular complexity index is 644. The molecule has 3 rings (SSSR count). The number of hydrogen-bond acceptors (Lipinski definition) is 3. The van der Waals surface area contributed by atoms with Crippen LogP contribution in [-0.4, -0.2) is 35.5 Å². The van der Waals surface area contributed by atoms with Gasteiger partial charge in [-0.1, -0.05) is 29.8 Å². The topological polar surface area (TPSA) is 61.8 Å². The maximum atomic E-state index is 12.4. The zero-order chi connectivity index (χ0) is 16.2. The Hall–Kier alpha value is -1.88. The quantitative estimate of drug-likeness (QED) is 0.920. The molecule has 0 aromatic heterocycles. The number of nitrogens with one attached hydrogen (secondary N) is 1. The average molecular weight is 334 g/mol. The zero-order valence-corrected chi connectivity index (χ0v) is 13.7. The molecule has 1 saturated heterocycles. The van der Waals surface area contributed by atoms with Gasteiger partial charge in [-0.2, -0.15) is 5.10 Å². The smallest absolute Gasteiger partial charge is 0.240 e. The van der Waals surface area contributed by atoms with Crippen LogP contribution in [0.4, 0.5) is 0 Å². The number of rotatable bonds is 4. The highest BCUT2D eigenvalue weighted by atomic mass is 35.5. The molecule has 2 aliphatic heterocycles. The van der Waals surface area contributed by atoms with Gasteiger partial charge < -0.3 is 4.90 Å². The maximum Gasteiger partial charge on any atom is 0.240 e. The monoisotopic (exact) mass is 333 g/mol. The van der Waals surface area contributed by atoms with Gasteiger partial charge in [0.2, 0.25) is 11.8 Å². The summed E-state index contributed by atoms with van der Waals surface area (Å²) in [5, 5.41) is 4.79. The second-order valence-electron chi connectivity index (χ2n) is 6.06. The number of likely N-dealkylation sites (tertiary alicyclic amines) is 1. The van der Waals surface area contributed by atoms with Crippen LogP contribution in [0.1, 0.15) is 43.6 Å². The molecule has 2 heterocycles. The van der Waals surface area contributed by atoms with Crippen molar-refractivity contribution < 1.29 is 9.59 Å². The third kappa shape index (κ3) is 3.91. The molecule has 1 atom stereocenters. The minimum absolute atomic E-state index is 0.0535. The molecule has 0 saturated carbocycles. The largest absolute Gasteiger partial charge is 0.342 e. The van der Waals surface area contributed by atoms with E-state index in [1.807, 2.05) is 29.2 Å². The summed E-state index contributed by atoms with van der Waals surface area (Å²) in [6, 6.07) is 7.85. The predicted octanol–water partition coefficient (Wildman–Crippen LogP) is 2.70. The second-order valence-corrected chi connectivity index (χ2v) is 6.47. The average Bonchev–Trinajstić information content (AvgIpc) is 3.04.